The number of hydrogen-bond donors (Lipinski definition) is 1. The van der Waals surface area contributed by atoms with Crippen molar-refractivity contribution in [2.75, 3.05) is 11.9 Å². The number of rotatable bonds is 6. The summed E-state index contributed by atoms with van der Waals surface area (Å²) in [6.07, 6.45) is 1.41. The molecule has 0 aliphatic heterocycles. The number of carbonyl (C=O) groups excluding carboxylic acids is 1. The molecule has 172 valence electrons. The third kappa shape index (κ3) is 5.49. The van der Waals surface area contributed by atoms with Gasteiger partial charge < -0.3 is 10.1 Å². The number of nitrogens with one attached hydrogen (secondary N) is 1. The quantitative estimate of drug-likeness (QED) is 0.341. The van der Waals surface area contributed by atoms with Crippen LogP contribution >= 0.6 is 27.5 Å². The summed E-state index contributed by atoms with van der Waals surface area (Å²) >= 11 is 9.48. The molecule has 4 rings (SSSR count). The van der Waals surface area contributed by atoms with Gasteiger partial charge in [0.1, 0.15) is 17.4 Å². The summed E-state index contributed by atoms with van der Waals surface area (Å²) in [6, 6.07) is 15.6. The Labute approximate surface area is 207 Å². The normalized spacial score (nSPS) is 11.2. The highest BCUT2D eigenvalue weighted by atomic mass is 79.9. The minimum atomic E-state index is -0.472. The maximum atomic E-state index is 13.3. The Morgan fingerprint density at radius 3 is 2.85 bits per heavy atom. The summed E-state index contributed by atoms with van der Waals surface area (Å²) in [5.41, 5.74) is 0.996. The second-order valence-electron chi connectivity index (χ2n) is 7.21. The van der Waals surface area contributed by atoms with Gasteiger partial charge in [0, 0.05) is 20.7 Å². The molecule has 0 spiro atoms. The van der Waals surface area contributed by atoms with Gasteiger partial charge in [-0.25, -0.2) is 9.37 Å². The predicted octanol–water partition coefficient (Wildman–Crippen LogP) is 5.16. The van der Waals surface area contributed by atoms with Crippen molar-refractivity contribution in [3.8, 4) is 5.75 Å². The van der Waals surface area contributed by atoms with Gasteiger partial charge in [0.15, 0.2) is 6.61 Å². The number of halogens is 3. The lowest BCUT2D eigenvalue weighted by Gasteiger charge is -2.10. The molecule has 0 saturated carbocycles. The van der Waals surface area contributed by atoms with Crippen molar-refractivity contribution < 1.29 is 13.9 Å². The third-order valence-electron chi connectivity index (χ3n) is 4.72. The highest BCUT2D eigenvalue weighted by molar-refractivity contribution is 9.10. The van der Waals surface area contributed by atoms with Crippen LogP contribution in [0.25, 0.3) is 10.9 Å². The van der Waals surface area contributed by atoms with Crippen molar-refractivity contribution in [2.24, 2.45) is 5.10 Å². The first-order valence-electron chi connectivity index (χ1n) is 10.0. The Kier molecular flexibility index (Phi) is 7.04. The highest BCUT2D eigenvalue weighted by Crippen LogP contribution is 2.22. The van der Waals surface area contributed by atoms with E-state index in [4.69, 9.17) is 16.3 Å². The van der Waals surface area contributed by atoms with Crippen LogP contribution in [0.1, 0.15) is 11.4 Å². The summed E-state index contributed by atoms with van der Waals surface area (Å²) in [4.78, 5) is 29.6. The molecule has 1 amide bonds. The van der Waals surface area contributed by atoms with Crippen molar-refractivity contribution in [1.29, 1.82) is 0 Å². The molecule has 0 aliphatic carbocycles. The van der Waals surface area contributed by atoms with E-state index < -0.39 is 11.7 Å². The average molecular weight is 544 g/mol. The number of aryl methyl sites for hydroxylation is 1. The maximum Gasteiger partial charge on any atom is 0.282 e. The Hall–Kier alpha value is -3.56. The van der Waals surface area contributed by atoms with Crippen molar-refractivity contribution in [3.05, 3.63) is 97.7 Å². The predicted molar refractivity (Wildman–Crippen MR) is 133 cm³/mol. The SMILES string of the molecule is Cc1nc2ccc(Br)cc2c(=O)n1N=Cc1cc(Cl)ccc1OCC(=O)Nc1cccc(F)c1. The molecule has 0 radical (unpaired) electrons. The summed E-state index contributed by atoms with van der Waals surface area (Å²) in [5, 5.41) is 7.67. The van der Waals surface area contributed by atoms with E-state index in [0.29, 0.717) is 38.8 Å². The van der Waals surface area contributed by atoms with Gasteiger partial charge in [-0.15, -0.1) is 0 Å². The minimum Gasteiger partial charge on any atom is -0.483 e. The fourth-order valence-electron chi connectivity index (χ4n) is 3.17. The molecule has 1 N–H and O–H groups in total. The van der Waals surface area contributed by atoms with Gasteiger partial charge in [-0.3, -0.25) is 9.59 Å². The lowest BCUT2D eigenvalue weighted by Crippen LogP contribution is -2.21. The largest absolute Gasteiger partial charge is 0.483 e. The summed E-state index contributed by atoms with van der Waals surface area (Å²) in [7, 11) is 0. The van der Waals surface area contributed by atoms with Crippen LogP contribution in [-0.4, -0.2) is 28.4 Å². The molecule has 0 bridgehead atoms. The number of aromatic nitrogens is 2. The molecule has 0 aliphatic rings. The van der Waals surface area contributed by atoms with Crippen LogP contribution in [-0.2, 0) is 4.79 Å². The molecule has 3 aromatic carbocycles. The molecule has 0 fully saturated rings. The maximum absolute atomic E-state index is 13.3. The Morgan fingerprint density at radius 1 is 1.24 bits per heavy atom. The molecule has 0 saturated heterocycles. The van der Waals surface area contributed by atoms with E-state index in [1.54, 1.807) is 43.3 Å². The zero-order chi connectivity index (χ0) is 24.2. The van der Waals surface area contributed by atoms with Crippen molar-refractivity contribution in [3.63, 3.8) is 0 Å². The second kappa shape index (κ2) is 10.1. The van der Waals surface area contributed by atoms with Crippen LogP contribution in [0.4, 0.5) is 10.1 Å². The van der Waals surface area contributed by atoms with Gasteiger partial charge in [-0.1, -0.05) is 33.6 Å². The average Bonchev–Trinajstić information content (AvgIpc) is 2.79. The Bertz CT molecular complexity index is 1490. The number of ether oxygens (including phenoxy) is 1. The van der Waals surface area contributed by atoms with Gasteiger partial charge in [0.25, 0.3) is 11.5 Å². The van der Waals surface area contributed by atoms with Gasteiger partial charge >= 0.3 is 0 Å². The zero-order valence-electron chi connectivity index (χ0n) is 17.8. The van der Waals surface area contributed by atoms with Crippen LogP contribution < -0.4 is 15.6 Å². The van der Waals surface area contributed by atoms with Gasteiger partial charge in [-0.05, 0) is 61.5 Å². The lowest BCUT2D eigenvalue weighted by molar-refractivity contribution is -0.118. The zero-order valence-corrected chi connectivity index (χ0v) is 20.1. The van der Waals surface area contributed by atoms with E-state index in [1.807, 2.05) is 6.07 Å². The van der Waals surface area contributed by atoms with Gasteiger partial charge in [0.2, 0.25) is 0 Å². The van der Waals surface area contributed by atoms with Crippen molar-refractivity contribution in [1.82, 2.24) is 9.66 Å². The van der Waals surface area contributed by atoms with Crippen LogP contribution in [0, 0.1) is 12.7 Å². The topological polar surface area (TPSA) is 85.6 Å². The molecule has 0 unspecified atom stereocenters. The number of carbonyl (C=O) groups is 1. The number of hydrogen-bond acceptors (Lipinski definition) is 5. The molecule has 1 aromatic heterocycles. The summed E-state index contributed by atoms with van der Waals surface area (Å²) in [5.74, 6) is -0.212. The van der Waals surface area contributed by atoms with E-state index >= 15 is 0 Å². The number of benzene rings is 3. The molecule has 10 heteroatoms. The molecule has 1 heterocycles. The summed E-state index contributed by atoms with van der Waals surface area (Å²) < 4.78 is 20.9. The third-order valence-corrected chi connectivity index (χ3v) is 5.45. The first kappa shape index (κ1) is 23.6. The van der Waals surface area contributed by atoms with Crippen LogP contribution in [0.5, 0.6) is 5.75 Å². The van der Waals surface area contributed by atoms with E-state index in [-0.39, 0.29) is 12.2 Å². The fourth-order valence-corrected chi connectivity index (χ4v) is 3.72. The molecular weight excluding hydrogens is 527 g/mol. The minimum absolute atomic E-state index is 0.316. The Morgan fingerprint density at radius 2 is 2.06 bits per heavy atom. The van der Waals surface area contributed by atoms with E-state index in [1.165, 1.54) is 29.1 Å². The van der Waals surface area contributed by atoms with Crippen molar-refractivity contribution >= 4 is 56.2 Å². The second-order valence-corrected chi connectivity index (χ2v) is 8.56. The van der Waals surface area contributed by atoms with Crippen LogP contribution in [0.15, 0.2) is 75.0 Å². The molecule has 0 atom stereocenters. The monoisotopic (exact) mass is 542 g/mol. The van der Waals surface area contributed by atoms with Crippen LogP contribution in [0.3, 0.4) is 0 Å². The fraction of sp³-hybridized carbons (Fsp3) is 0.0833. The number of nitrogens with zero attached hydrogens (tertiary/aromatic N) is 3. The van der Waals surface area contributed by atoms with E-state index in [9.17, 15) is 14.0 Å². The molecular formula is C24H17BrClFN4O3. The number of anilines is 1. The highest BCUT2D eigenvalue weighted by Gasteiger charge is 2.10. The van der Waals surface area contributed by atoms with Gasteiger partial charge in [0.05, 0.1) is 17.1 Å². The summed E-state index contributed by atoms with van der Waals surface area (Å²) in [6.45, 7) is 1.34. The smallest absolute Gasteiger partial charge is 0.282 e. The molecule has 7 nitrogen and oxygen atoms in total. The lowest BCUT2D eigenvalue weighted by atomic mass is 10.2. The molecule has 34 heavy (non-hydrogen) atoms. The first-order chi connectivity index (χ1) is 16.3. The number of amides is 1. The van der Waals surface area contributed by atoms with Crippen molar-refractivity contribution in [2.45, 2.75) is 6.92 Å². The first-order valence-corrected chi connectivity index (χ1v) is 11.2. The van der Waals surface area contributed by atoms with Gasteiger partial charge in [-0.2, -0.15) is 9.78 Å². The Balaban J connectivity index is 1.57. The van der Waals surface area contributed by atoms with E-state index in [2.05, 4.69) is 31.3 Å². The van der Waals surface area contributed by atoms with E-state index in [0.717, 1.165) is 4.47 Å². The van der Waals surface area contributed by atoms with Crippen LogP contribution in [0.2, 0.25) is 5.02 Å². The molecule has 4 aromatic rings. The number of fused-ring (bicyclic) bond motifs is 1. The standard InChI is InChI=1S/C24H17BrClFN4O3/c1-14-29-21-7-5-16(25)10-20(21)24(33)31(14)28-12-15-9-17(26)6-8-22(15)34-13-23(32)30-19-4-2-3-18(27)11-19/h2-12H,13H2,1H3,(H,30,32).